The van der Waals surface area contributed by atoms with Gasteiger partial charge in [0, 0.05) is 15.5 Å². The van der Waals surface area contributed by atoms with Crippen molar-refractivity contribution in [2.24, 2.45) is 0 Å². The Hall–Kier alpha value is -2.18. The van der Waals surface area contributed by atoms with Gasteiger partial charge in [-0.25, -0.2) is 4.79 Å². The summed E-state index contributed by atoms with van der Waals surface area (Å²) in [6.07, 6.45) is 2.01. The molecule has 25 heavy (non-hydrogen) atoms. The van der Waals surface area contributed by atoms with E-state index in [0.717, 1.165) is 23.3 Å². The van der Waals surface area contributed by atoms with E-state index >= 15 is 0 Å². The zero-order valence-corrected chi connectivity index (χ0v) is 15.5. The van der Waals surface area contributed by atoms with Crippen LogP contribution in [0.25, 0.3) is 11.5 Å². The zero-order valence-electron chi connectivity index (χ0n) is 13.9. The number of halogens is 1. The van der Waals surface area contributed by atoms with Gasteiger partial charge >= 0.3 is 5.97 Å². The molecule has 130 valence electrons. The van der Waals surface area contributed by atoms with Crippen LogP contribution in [0.1, 0.15) is 39.3 Å². The van der Waals surface area contributed by atoms with Crippen LogP contribution in [0.4, 0.5) is 0 Å². The van der Waals surface area contributed by atoms with Crippen LogP contribution in [0.2, 0.25) is 5.02 Å². The molecule has 0 fully saturated rings. The Kier molecular flexibility index (Phi) is 5.50. The number of hydrogen-bond acceptors (Lipinski definition) is 6. The molecule has 3 rings (SSSR count). The highest BCUT2D eigenvalue weighted by Gasteiger charge is 2.15. The molecule has 0 N–H and O–H groups in total. The summed E-state index contributed by atoms with van der Waals surface area (Å²) in [7, 11) is 0. The predicted octanol–water partition coefficient (Wildman–Crippen LogP) is 5.07. The third-order valence-electron chi connectivity index (χ3n) is 3.63. The molecule has 0 saturated heterocycles. The molecule has 0 unspecified atom stereocenters. The molecule has 0 aliphatic heterocycles. The number of esters is 1. The Morgan fingerprint density at radius 3 is 2.76 bits per heavy atom. The number of rotatable bonds is 6. The molecule has 0 amide bonds. The minimum absolute atomic E-state index is 0.0561. The summed E-state index contributed by atoms with van der Waals surface area (Å²) in [6.45, 7) is 4.07. The van der Waals surface area contributed by atoms with Gasteiger partial charge < -0.3 is 9.15 Å². The van der Waals surface area contributed by atoms with Gasteiger partial charge in [0.1, 0.15) is 4.88 Å². The number of nitrogens with zero attached hydrogens (tertiary/aromatic N) is 2. The smallest absolute Gasteiger partial charge is 0.348 e. The molecule has 0 radical (unpaired) electrons. The third-order valence-corrected chi connectivity index (χ3v) is 4.95. The van der Waals surface area contributed by atoms with E-state index in [4.69, 9.17) is 20.8 Å². The lowest BCUT2D eigenvalue weighted by Crippen LogP contribution is -2.03. The van der Waals surface area contributed by atoms with Crippen molar-refractivity contribution in [2.45, 2.75) is 33.3 Å². The quantitative estimate of drug-likeness (QED) is 0.562. The number of thiophene rings is 1. The molecule has 2 aromatic heterocycles. The van der Waals surface area contributed by atoms with Crippen molar-refractivity contribution in [1.29, 1.82) is 0 Å². The van der Waals surface area contributed by atoms with Crippen LogP contribution in [0.3, 0.4) is 0 Å². The average Bonchev–Trinajstić information content (AvgIpc) is 3.21. The summed E-state index contributed by atoms with van der Waals surface area (Å²) >= 11 is 7.30. The zero-order chi connectivity index (χ0) is 17.8. The van der Waals surface area contributed by atoms with Crippen molar-refractivity contribution in [3.8, 4) is 11.5 Å². The van der Waals surface area contributed by atoms with Gasteiger partial charge in [0.2, 0.25) is 5.89 Å². The highest BCUT2D eigenvalue weighted by atomic mass is 35.5. The second-order valence-corrected chi connectivity index (χ2v) is 7.22. The third kappa shape index (κ3) is 4.27. The van der Waals surface area contributed by atoms with Gasteiger partial charge in [-0.05, 0) is 49.2 Å². The summed E-state index contributed by atoms with van der Waals surface area (Å²) in [4.78, 5) is 13.9. The highest BCUT2D eigenvalue weighted by Crippen LogP contribution is 2.24. The van der Waals surface area contributed by atoms with Gasteiger partial charge in [0.25, 0.3) is 5.89 Å². The minimum atomic E-state index is -0.373. The number of carbonyl (C=O) groups is 1. The minimum Gasteiger partial charge on any atom is -0.451 e. The topological polar surface area (TPSA) is 65.2 Å². The standard InChI is InChI=1S/C18H17ClN2O3S/c1-3-4-13-9-15(25-11(13)2)18(22)23-10-16-20-21-17(24-16)12-5-7-14(19)8-6-12/h5-9H,3-4,10H2,1-2H3. The van der Waals surface area contributed by atoms with E-state index in [1.807, 2.05) is 13.0 Å². The van der Waals surface area contributed by atoms with Crippen LogP contribution < -0.4 is 0 Å². The molecule has 0 bridgehead atoms. The average molecular weight is 377 g/mol. The van der Waals surface area contributed by atoms with E-state index in [1.54, 1.807) is 24.3 Å². The first-order valence-electron chi connectivity index (χ1n) is 7.91. The maximum Gasteiger partial charge on any atom is 0.348 e. The SMILES string of the molecule is CCCc1cc(C(=O)OCc2nnc(-c3ccc(Cl)cc3)o2)sc1C. The summed E-state index contributed by atoms with van der Waals surface area (Å²) < 4.78 is 10.8. The molecule has 0 spiro atoms. The van der Waals surface area contributed by atoms with Gasteiger partial charge in [0.05, 0.1) is 0 Å². The maximum absolute atomic E-state index is 12.2. The Balaban J connectivity index is 1.63. The van der Waals surface area contributed by atoms with E-state index in [-0.39, 0.29) is 18.5 Å². The maximum atomic E-state index is 12.2. The second-order valence-electron chi connectivity index (χ2n) is 5.53. The molecule has 0 aliphatic rings. The first-order valence-corrected chi connectivity index (χ1v) is 9.11. The number of benzene rings is 1. The fourth-order valence-corrected chi connectivity index (χ4v) is 3.45. The lowest BCUT2D eigenvalue weighted by molar-refractivity contribution is 0.0444. The van der Waals surface area contributed by atoms with Crippen LogP contribution >= 0.6 is 22.9 Å². The van der Waals surface area contributed by atoms with E-state index in [0.29, 0.717) is 15.8 Å². The first-order chi connectivity index (χ1) is 12.1. The Labute approximate surface area is 154 Å². The monoisotopic (exact) mass is 376 g/mol. The van der Waals surface area contributed by atoms with Crippen molar-refractivity contribution in [3.63, 3.8) is 0 Å². The number of carbonyl (C=O) groups excluding carboxylic acids is 1. The number of aryl methyl sites for hydroxylation is 2. The van der Waals surface area contributed by atoms with Crippen LogP contribution in [0.15, 0.2) is 34.7 Å². The molecule has 0 aliphatic carbocycles. The Morgan fingerprint density at radius 1 is 1.28 bits per heavy atom. The highest BCUT2D eigenvalue weighted by molar-refractivity contribution is 7.14. The van der Waals surface area contributed by atoms with E-state index in [2.05, 4.69) is 17.1 Å². The first kappa shape index (κ1) is 17.6. The molecule has 0 atom stereocenters. The molecule has 2 heterocycles. The summed E-state index contributed by atoms with van der Waals surface area (Å²) in [5.74, 6) is 0.238. The van der Waals surface area contributed by atoms with Gasteiger partial charge in [-0.2, -0.15) is 0 Å². The fraction of sp³-hybridized carbons (Fsp3) is 0.278. The van der Waals surface area contributed by atoms with Gasteiger partial charge in [-0.1, -0.05) is 24.9 Å². The van der Waals surface area contributed by atoms with E-state index in [9.17, 15) is 4.79 Å². The van der Waals surface area contributed by atoms with E-state index < -0.39 is 0 Å². The summed E-state index contributed by atoms with van der Waals surface area (Å²) in [5.41, 5.74) is 1.95. The Morgan fingerprint density at radius 2 is 2.04 bits per heavy atom. The second kappa shape index (κ2) is 7.80. The number of ether oxygens (including phenoxy) is 1. The largest absolute Gasteiger partial charge is 0.451 e. The summed E-state index contributed by atoms with van der Waals surface area (Å²) in [5, 5.41) is 8.50. The van der Waals surface area contributed by atoms with Crippen molar-refractivity contribution >= 4 is 28.9 Å². The fourth-order valence-electron chi connectivity index (χ4n) is 2.36. The van der Waals surface area contributed by atoms with Crippen molar-refractivity contribution in [2.75, 3.05) is 0 Å². The van der Waals surface area contributed by atoms with Gasteiger partial charge in [0.15, 0.2) is 6.61 Å². The normalized spacial score (nSPS) is 10.8. The lowest BCUT2D eigenvalue weighted by Gasteiger charge is -1.99. The lowest BCUT2D eigenvalue weighted by atomic mass is 10.1. The van der Waals surface area contributed by atoms with Crippen LogP contribution in [0.5, 0.6) is 0 Å². The van der Waals surface area contributed by atoms with Gasteiger partial charge in [-0.15, -0.1) is 21.5 Å². The van der Waals surface area contributed by atoms with Crippen LogP contribution in [-0.4, -0.2) is 16.2 Å². The van der Waals surface area contributed by atoms with Crippen LogP contribution in [-0.2, 0) is 17.8 Å². The van der Waals surface area contributed by atoms with Crippen molar-refractivity contribution in [1.82, 2.24) is 10.2 Å². The molecule has 3 aromatic rings. The molecule has 1 aromatic carbocycles. The predicted molar refractivity (Wildman–Crippen MR) is 96.9 cm³/mol. The number of hydrogen-bond donors (Lipinski definition) is 0. The molecular formula is C18H17ClN2O3S. The van der Waals surface area contributed by atoms with Crippen molar-refractivity contribution in [3.05, 3.63) is 56.6 Å². The van der Waals surface area contributed by atoms with Gasteiger partial charge in [-0.3, -0.25) is 0 Å². The van der Waals surface area contributed by atoms with E-state index in [1.165, 1.54) is 16.9 Å². The molecular weight excluding hydrogens is 360 g/mol. The molecule has 5 nitrogen and oxygen atoms in total. The summed E-state index contributed by atoms with van der Waals surface area (Å²) in [6, 6.07) is 8.96. The molecule has 0 saturated carbocycles. The van der Waals surface area contributed by atoms with Crippen LogP contribution in [0, 0.1) is 6.92 Å². The Bertz CT molecular complexity index is 871. The van der Waals surface area contributed by atoms with Crippen molar-refractivity contribution < 1.29 is 13.9 Å². The molecule has 7 heteroatoms. The number of aromatic nitrogens is 2.